The molecular weight excluding hydrogens is 589 g/mol. The van der Waals surface area contributed by atoms with E-state index in [9.17, 15) is 0 Å². The maximum atomic E-state index is 5.95. The number of pyridine rings is 4. The highest BCUT2D eigenvalue weighted by Gasteiger charge is 2.10. The van der Waals surface area contributed by atoms with Crippen LogP contribution in [0.5, 0.6) is 0 Å². The van der Waals surface area contributed by atoms with Crippen LogP contribution < -0.4 is 11.5 Å². The molecule has 48 heavy (non-hydrogen) atoms. The number of hydrogen-bond donors (Lipinski definition) is 2. The molecule has 0 bridgehead atoms. The van der Waals surface area contributed by atoms with Crippen molar-refractivity contribution in [2.24, 2.45) is 11.5 Å². The first kappa shape index (κ1) is 27.6. The molecule has 4 heterocycles. The molecule has 226 valence electrons. The largest absolute Gasteiger partial charge is 0.403 e. The number of nitrogens with two attached hydrogens (primary N) is 2. The number of rotatable bonds is 4. The van der Waals surface area contributed by atoms with E-state index in [1.165, 1.54) is 6.20 Å². The number of aromatic nitrogens is 4. The average molecular weight is 617 g/mol. The Morgan fingerprint density at radius 1 is 0.458 bits per heavy atom. The minimum absolute atomic E-state index is 0.460. The van der Waals surface area contributed by atoms with Gasteiger partial charge >= 0.3 is 0 Å². The summed E-state index contributed by atoms with van der Waals surface area (Å²) in [7, 11) is 0. The monoisotopic (exact) mass is 616 g/mol. The molecule has 0 fully saturated rings. The zero-order valence-corrected chi connectivity index (χ0v) is 25.8. The Morgan fingerprint density at radius 2 is 0.979 bits per heavy atom. The summed E-state index contributed by atoms with van der Waals surface area (Å²) in [5.41, 5.74) is 22.6. The first-order valence-corrected chi connectivity index (χ1v) is 15.8. The maximum Gasteiger partial charge on any atom is 0.0972 e. The molecule has 0 spiro atoms. The Morgan fingerprint density at radius 3 is 1.67 bits per heavy atom. The predicted octanol–water partition coefficient (Wildman–Crippen LogP) is 9.25. The van der Waals surface area contributed by atoms with E-state index in [2.05, 4.69) is 119 Å². The van der Waals surface area contributed by atoms with Crippen molar-refractivity contribution >= 4 is 60.1 Å². The molecule has 0 unspecified atom stereocenters. The van der Waals surface area contributed by atoms with Gasteiger partial charge in [0.1, 0.15) is 0 Å². The van der Waals surface area contributed by atoms with Crippen LogP contribution >= 0.6 is 0 Å². The zero-order chi connectivity index (χ0) is 32.2. The molecule has 4 aromatic heterocycles. The first-order valence-electron chi connectivity index (χ1n) is 15.8. The number of nitrogens with zero attached hydrogens (tertiary/aromatic N) is 4. The highest BCUT2D eigenvalue weighted by atomic mass is 14.8. The van der Waals surface area contributed by atoms with Gasteiger partial charge in [0.05, 0.1) is 44.8 Å². The van der Waals surface area contributed by atoms with E-state index in [1.54, 1.807) is 0 Å². The van der Waals surface area contributed by atoms with E-state index < -0.39 is 0 Å². The lowest BCUT2D eigenvalue weighted by Crippen LogP contribution is -2.01. The summed E-state index contributed by atoms with van der Waals surface area (Å²) >= 11 is 0. The van der Waals surface area contributed by atoms with Crippen LogP contribution in [0.3, 0.4) is 0 Å². The molecule has 0 radical (unpaired) electrons. The molecule has 9 rings (SSSR count). The van der Waals surface area contributed by atoms with Crippen LogP contribution in [0.1, 0.15) is 5.69 Å². The standard InChI is InChI=1S/C42H28N6/c43-24-35(44)40-18-13-34-23-30(11-16-38(34)47-40)29-10-15-36-33(22-29)12-17-37(46-36)31-7-5-28-21-32(8-6-27(28)20-31)39-14-9-26-4-3-25-2-1-19-45-41(25)42(26)48-39/h1-24H,43-44H2/b35-24-. The second-order valence-electron chi connectivity index (χ2n) is 12.0. The van der Waals surface area contributed by atoms with Crippen LogP contribution in [0.25, 0.3) is 93.7 Å². The van der Waals surface area contributed by atoms with Crippen molar-refractivity contribution in [1.29, 1.82) is 0 Å². The molecule has 5 aromatic carbocycles. The average Bonchev–Trinajstić information content (AvgIpc) is 3.16. The van der Waals surface area contributed by atoms with Crippen LogP contribution in [0.15, 0.2) is 146 Å². The number of benzene rings is 5. The lowest BCUT2D eigenvalue weighted by molar-refractivity contribution is 1.31. The van der Waals surface area contributed by atoms with Gasteiger partial charge in [0, 0.05) is 45.1 Å². The van der Waals surface area contributed by atoms with Crippen LogP contribution in [0, 0.1) is 0 Å². The molecule has 0 saturated carbocycles. The maximum absolute atomic E-state index is 5.95. The van der Waals surface area contributed by atoms with Gasteiger partial charge in [-0.2, -0.15) is 0 Å². The van der Waals surface area contributed by atoms with E-state index in [-0.39, 0.29) is 0 Å². The topological polar surface area (TPSA) is 104 Å². The molecule has 0 amide bonds. The van der Waals surface area contributed by atoms with Crippen molar-refractivity contribution in [2.45, 2.75) is 0 Å². The fourth-order valence-corrected chi connectivity index (χ4v) is 6.47. The molecule has 6 nitrogen and oxygen atoms in total. The summed E-state index contributed by atoms with van der Waals surface area (Å²) in [4.78, 5) is 19.3. The Kier molecular flexibility index (Phi) is 6.33. The van der Waals surface area contributed by atoms with Crippen LogP contribution in [-0.4, -0.2) is 19.9 Å². The molecular formula is C42H28N6. The SMILES string of the molecule is N/C=C(\N)c1ccc2cc(-c3ccc4nc(-c5ccc6cc(-c7ccc8ccc9cccnc9c8n7)ccc6c5)ccc4c3)ccc2n1. The van der Waals surface area contributed by atoms with Gasteiger partial charge in [0.2, 0.25) is 0 Å². The van der Waals surface area contributed by atoms with E-state index in [0.717, 1.165) is 88.0 Å². The molecule has 9 aromatic rings. The fourth-order valence-electron chi connectivity index (χ4n) is 6.47. The molecule has 0 aliphatic carbocycles. The number of fused-ring (bicyclic) bond motifs is 6. The van der Waals surface area contributed by atoms with Gasteiger partial charge in [-0.1, -0.05) is 72.8 Å². The molecule has 0 aliphatic rings. The van der Waals surface area contributed by atoms with Crippen molar-refractivity contribution in [2.75, 3.05) is 0 Å². The van der Waals surface area contributed by atoms with Gasteiger partial charge in [0.25, 0.3) is 0 Å². The van der Waals surface area contributed by atoms with Crippen molar-refractivity contribution in [3.63, 3.8) is 0 Å². The molecule has 6 heteroatoms. The Balaban J connectivity index is 1.01. The van der Waals surface area contributed by atoms with E-state index in [4.69, 9.17) is 21.4 Å². The lowest BCUT2D eigenvalue weighted by Gasteiger charge is -2.09. The summed E-state index contributed by atoms with van der Waals surface area (Å²) in [5, 5.41) is 6.61. The van der Waals surface area contributed by atoms with E-state index in [0.29, 0.717) is 11.4 Å². The van der Waals surface area contributed by atoms with E-state index in [1.807, 2.05) is 30.5 Å². The lowest BCUT2D eigenvalue weighted by atomic mass is 9.99. The summed E-state index contributed by atoms with van der Waals surface area (Å²) < 4.78 is 0. The summed E-state index contributed by atoms with van der Waals surface area (Å²) in [6.07, 6.45) is 3.20. The van der Waals surface area contributed by atoms with Crippen molar-refractivity contribution in [3.05, 3.63) is 152 Å². The van der Waals surface area contributed by atoms with Gasteiger partial charge in [-0.3, -0.25) is 4.98 Å². The smallest absolute Gasteiger partial charge is 0.0972 e. The highest BCUT2D eigenvalue weighted by Crippen LogP contribution is 2.32. The highest BCUT2D eigenvalue weighted by molar-refractivity contribution is 6.03. The first-order chi connectivity index (χ1) is 23.6. The molecule has 0 aliphatic heterocycles. The summed E-state index contributed by atoms with van der Waals surface area (Å²) in [5.74, 6) is 0. The predicted molar refractivity (Wildman–Crippen MR) is 198 cm³/mol. The minimum atomic E-state index is 0.460. The van der Waals surface area contributed by atoms with Gasteiger partial charge in [0.15, 0.2) is 0 Å². The minimum Gasteiger partial charge on any atom is -0.403 e. The third-order valence-corrected chi connectivity index (χ3v) is 9.05. The van der Waals surface area contributed by atoms with Crippen molar-refractivity contribution in [1.82, 2.24) is 19.9 Å². The molecule has 0 atom stereocenters. The second kappa shape index (κ2) is 11.0. The van der Waals surface area contributed by atoms with Gasteiger partial charge in [-0.05, 0) is 82.6 Å². The number of hydrogen-bond acceptors (Lipinski definition) is 6. The third-order valence-electron chi connectivity index (χ3n) is 9.05. The summed E-state index contributed by atoms with van der Waals surface area (Å²) in [6, 6.07) is 46.3. The second-order valence-corrected chi connectivity index (χ2v) is 12.0. The quantitative estimate of drug-likeness (QED) is 0.191. The molecule has 0 saturated heterocycles. The Hall–Kier alpha value is -6.66. The van der Waals surface area contributed by atoms with Crippen molar-refractivity contribution in [3.8, 4) is 33.6 Å². The summed E-state index contributed by atoms with van der Waals surface area (Å²) in [6.45, 7) is 0. The Bertz CT molecular complexity index is 2770. The van der Waals surface area contributed by atoms with Gasteiger partial charge in [-0.15, -0.1) is 0 Å². The van der Waals surface area contributed by atoms with Crippen LogP contribution in [0.4, 0.5) is 0 Å². The molecule has 4 N–H and O–H groups in total. The third kappa shape index (κ3) is 4.75. The Labute approximate surface area is 276 Å². The van der Waals surface area contributed by atoms with Crippen LogP contribution in [-0.2, 0) is 0 Å². The zero-order valence-electron chi connectivity index (χ0n) is 25.8. The normalized spacial score (nSPS) is 12.0. The fraction of sp³-hybridized carbons (Fsp3) is 0. The van der Waals surface area contributed by atoms with Gasteiger partial charge < -0.3 is 11.5 Å². The van der Waals surface area contributed by atoms with E-state index >= 15 is 0 Å². The van der Waals surface area contributed by atoms with Crippen molar-refractivity contribution < 1.29 is 0 Å². The van der Waals surface area contributed by atoms with Crippen LogP contribution in [0.2, 0.25) is 0 Å². The van der Waals surface area contributed by atoms with Gasteiger partial charge in [-0.25, -0.2) is 15.0 Å².